The van der Waals surface area contributed by atoms with E-state index in [-0.39, 0.29) is 6.04 Å². The summed E-state index contributed by atoms with van der Waals surface area (Å²) in [5, 5.41) is 5.24. The van der Waals surface area contributed by atoms with Gasteiger partial charge in [-0.3, -0.25) is 4.90 Å². The van der Waals surface area contributed by atoms with Crippen LogP contribution in [-0.2, 0) is 6.54 Å². The standard InChI is InChI=1S/C14H16Cl3N3S/c1-3-6-20(8-13-14(17)21-19-18-13)9(2)10-4-5-11(15)12(16)7-10/h4-5,7,9H,3,6,8H2,1-2H3/t9-/m0/s1. The average molecular weight is 365 g/mol. The van der Waals surface area contributed by atoms with Crippen LogP contribution in [0.2, 0.25) is 14.4 Å². The molecule has 2 rings (SSSR count). The highest BCUT2D eigenvalue weighted by Gasteiger charge is 2.19. The van der Waals surface area contributed by atoms with Gasteiger partial charge in [-0.1, -0.05) is 52.3 Å². The predicted octanol–water partition coefficient (Wildman–Crippen LogP) is 5.47. The van der Waals surface area contributed by atoms with E-state index < -0.39 is 0 Å². The Hall–Kier alpha value is -0.390. The lowest BCUT2D eigenvalue weighted by atomic mass is 10.1. The normalized spacial score (nSPS) is 12.9. The van der Waals surface area contributed by atoms with Crippen molar-refractivity contribution in [1.29, 1.82) is 0 Å². The Bertz CT molecular complexity index is 603. The first-order valence-corrected chi connectivity index (χ1v) is 8.59. The molecule has 0 amide bonds. The molecule has 2 aromatic rings. The van der Waals surface area contributed by atoms with Gasteiger partial charge in [-0.15, -0.1) is 5.10 Å². The van der Waals surface area contributed by atoms with Gasteiger partial charge in [-0.25, -0.2) is 0 Å². The number of hydrogen-bond acceptors (Lipinski definition) is 4. The molecule has 0 N–H and O–H groups in total. The van der Waals surface area contributed by atoms with E-state index in [4.69, 9.17) is 34.8 Å². The largest absolute Gasteiger partial charge is 0.291 e. The minimum absolute atomic E-state index is 0.192. The lowest BCUT2D eigenvalue weighted by Crippen LogP contribution is -2.27. The molecule has 0 fully saturated rings. The number of benzene rings is 1. The monoisotopic (exact) mass is 363 g/mol. The third-order valence-electron chi connectivity index (χ3n) is 3.35. The molecule has 0 bridgehead atoms. The van der Waals surface area contributed by atoms with Gasteiger partial charge in [0, 0.05) is 24.1 Å². The van der Waals surface area contributed by atoms with Crippen LogP contribution in [0.3, 0.4) is 0 Å². The smallest absolute Gasteiger partial charge is 0.138 e. The van der Waals surface area contributed by atoms with Gasteiger partial charge in [0.15, 0.2) is 0 Å². The fourth-order valence-electron chi connectivity index (χ4n) is 2.16. The van der Waals surface area contributed by atoms with Crippen molar-refractivity contribution in [3.63, 3.8) is 0 Å². The maximum atomic E-state index is 6.12. The molecule has 0 aliphatic heterocycles. The minimum atomic E-state index is 0.192. The number of hydrogen-bond donors (Lipinski definition) is 0. The lowest BCUT2D eigenvalue weighted by Gasteiger charge is -2.28. The van der Waals surface area contributed by atoms with E-state index in [0.717, 1.165) is 24.2 Å². The molecule has 1 aromatic carbocycles. The molecular weight excluding hydrogens is 349 g/mol. The SMILES string of the molecule is CCCN(Cc1nnsc1Cl)[C@@H](C)c1ccc(Cl)c(Cl)c1. The molecule has 0 saturated heterocycles. The zero-order valence-electron chi connectivity index (χ0n) is 11.8. The summed E-state index contributed by atoms with van der Waals surface area (Å²) in [6.07, 6.45) is 1.04. The molecule has 114 valence electrons. The van der Waals surface area contributed by atoms with Crippen molar-refractivity contribution in [3.8, 4) is 0 Å². The number of nitrogens with zero attached hydrogens (tertiary/aromatic N) is 3. The summed E-state index contributed by atoms with van der Waals surface area (Å²) in [7, 11) is 0. The Morgan fingerprint density at radius 1 is 1.24 bits per heavy atom. The third kappa shape index (κ3) is 4.30. The Morgan fingerprint density at radius 3 is 2.57 bits per heavy atom. The number of rotatable bonds is 6. The Labute approximate surface area is 144 Å². The molecule has 1 atom stereocenters. The maximum Gasteiger partial charge on any atom is 0.138 e. The van der Waals surface area contributed by atoms with Crippen molar-refractivity contribution in [2.45, 2.75) is 32.9 Å². The first kappa shape index (κ1) is 17.0. The fourth-order valence-corrected chi connectivity index (χ4v) is 3.08. The Morgan fingerprint density at radius 2 is 2.00 bits per heavy atom. The van der Waals surface area contributed by atoms with Crippen molar-refractivity contribution in [2.75, 3.05) is 6.54 Å². The van der Waals surface area contributed by atoms with Crippen molar-refractivity contribution < 1.29 is 0 Å². The zero-order valence-corrected chi connectivity index (χ0v) is 14.9. The predicted molar refractivity (Wildman–Crippen MR) is 90.5 cm³/mol. The van der Waals surface area contributed by atoms with E-state index in [1.807, 2.05) is 18.2 Å². The molecule has 3 nitrogen and oxygen atoms in total. The summed E-state index contributed by atoms with van der Waals surface area (Å²) in [6.45, 7) is 5.90. The minimum Gasteiger partial charge on any atom is -0.291 e. The molecule has 1 aromatic heterocycles. The Balaban J connectivity index is 2.20. The van der Waals surface area contributed by atoms with E-state index >= 15 is 0 Å². The van der Waals surface area contributed by atoms with Gasteiger partial charge in [0.05, 0.1) is 10.0 Å². The first-order chi connectivity index (χ1) is 10.0. The van der Waals surface area contributed by atoms with Gasteiger partial charge in [0.2, 0.25) is 0 Å². The van der Waals surface area contributed by atoms with Crippen LogP contribution >= 0.6 is 46.3 Å². The second-order valence-electron chi connectivity index (χ2n) is 4.81. The quantitative estimate of drug-likeness (QED) is 0.680. The molecule has 0 saturated carbocycles. The summed E-state index contributed by atoms with van der Waals surface area (Å²) in [6, 6.07) is 5.94. The van der Waals surface area contributed by atoms with E-state index in [0.29, 0.717) is 20.9 Å². The van der Waals surface area contributed by atoms with Crippen LogP contribution < -0.4 is 0 Å². The zero-order chi connectivity index (χ0) is 15.4. The van der Waals surface area contributed by atoms with Crippen LogP contribution in [0.4, 0.5) is 0 Å². The molecule has 0 spiro atoms. The van der Waals surface area contributed by atoms with Crippen molar-refractivity contribution in [1.82, 2.24) is 14.5 Å². The summed E-state index contributed by atoms with van der Waals surface area (Å²) < 4.78 is 4.54. The highest BCUT2D eigenvalue weighted by atomic mass is 35.5. The van der Waals surface area contributed by atoms with Gasteiger partial charge in [0.1, 0.15) is 10.0 Å². The van der Waals surface area contributed by atoms with E-state index in [1.165, 1.54) is 11.5 Å². The molecule has 1 heterocycles. The van der Waals surface area contributed by atoms with Gasteiger partial charge >= 0.3 is 0 Å². The second kappa shape index (κ2) is 7.75. The maximum absolute atomic E-state index is 6.12. The van der Waals surface area contributed by atoms with Gasteiger partial charge < -0.3 is 0 Å². The van der Waals surface area contributed by atoms with Crippen LogP contribution in [0, 0.1) is 0 Å². The van der Waals surface area contributed by atoms with E-state index in [2.05, 4.69) is 28.3 Å². The summed E-state index contributed by atoms with van der Waals surface area (Å²) in [5.41, 5.74) is 1.94. The number of aromatic nitrogens is 2. The highest BCUT2D eigenvalue weighted by molar-refractivity contribution is 7.10. The van der Waals surface area contributed by atoms with Crippen molar-refractivity contribution in [3.05, 3.63) is 43.8 Å². The van der Waals surface area contributed by atoms with Crippen molar-refractivity contribution in [2.24, 2.45) is 0 Å². The second-order valence-corrected chi connectivity index (χ2v) is 6.98. The molecule has 21 heavy (non-hydrogen) atoms. The Kier molecular flexibility index (Phi) is 6.26. The van der Waals surface area contributed by atoms with Gasteiger partial charge in [-0.05, 0) is 37.6 Å². The topological polar surface area (TPSA) is 29.0 Å². The van der Waals surface area contributed by atoms with E-state index in [9.17, 15) is 0 Å². The van der Waals surface area contributed by atoms with Crippen LogP contribution in [0.15, 0.2) is 18.2 Å². The van der Waals surface area contributed by atoms with Crippen LogP contribution in [0.1, 0.15) is 37.6 Å². The van der Waals surface area contributed by atoms with Gasteiger partial charge in [-0.2, -0.15) is 0 Å². The highest BCUT2D eigenvalue weighted by Crippen LogP contribution is 2.30. The fraction of sp³-hybridized carbons (Fsp3) is 0.429. The van der Waals surface area contributed by atoms with Crippen LogP contribution in [0.25, 0.3) is 0 Å². The van der Waals surface area contributed by atoms with Crippen molar-refractivity contribution >= 4 is 46.3 Å². The first-order valence-electron chi connectivity index (χ1n) is 6.68. The number of halogens is 3. The van der Waals surface area contributed by atoms with E-state index in [1.54, 1.807) is 0 Å². The molecule has 7 heteroatoms. The third-order valence-corrected chi connectivity index (χ3v) is 5.07. The average Bonchev–Trinajstić information content (AvgIpc) is 2.86. The molecule has 0 aliphatic rings. The summed E-state index contributed by atoms with van der Waals surface area (Å²) in [4.78, 5) is 2.31. The molecule has 0 aliphatic carbocycles. The molecule has 0 unspecified atom stereocenters. The molecule has 0 radical (unpaired) electrons. The van der Waals surface area contributed by atoms with Crippen LogP contribution in [0.5, 0.6) is 0 Å². The molecular formula is C14H16Cl3N3S. The summed E-state index contributed by atoms with van der Waals surface area (Å²) in [5.74, 6) is 0. The lowest BCUT2D eigenvalue weighted by molar-refractivity contribution is 0.199. The van der Waals surface area contributed by atoms with Gasteiger partial charge in [0.25, 0.3) is 0 Å². The summed E-state index contributed by atoms with van der Waals surface area (Å²) >= 11 is 19.4. The van der Waals surface area contributed by atoms with Crippen LogP contribution in [-0.4, -0.2) is 21.0 Å².